The highest BCUT2D eigenvalue weighted by Crippen LogP contribution is 2.36. The average molecular weight is 397 g/mol. The fraction of sp³-hybridized carbons (Fsp3) is 0.647. The van der Waals surface area contributed by atoms with E-state index in [1.165, 1.54) is 17.7 Å². The van der Waals surface area contributed by atoms with Crippen LogP contribution in [0.15, 0.2) is 18.6 Å². The minimum absolute atomic E-state index is 0.0594. The number of hydrogen-bond acceptors (Lipinski definition) is 6. The molecule has 27 heavy (non-hydrogen) atoms. The summed E-state index contributed by atoms with van der Waals surface area (Å²) < 4.78 is 45.2. The third-order valence-corrected chi connectivity index (χ3v) is 7.71. The molecule has 1 saturated carbocycles. The van der Waals surface area contributed by atoms with Gasteiger partial charge in [-0.2, -0.15) is 4.31 Å². The molecule has 0 unspecified atom stereocenters. The first kappa shape index (κ1) is 18.6. The number of H-pyrrole nitrogens is 1. The van der Waals surface area contributed by atoms with Gasteiger partial charge in [0.2, 0.25) is 10.0 Å². The molecule has 0 amide bonds. The zero-order chi connectivity index (χ0) is 19.2. The molecule has 2 aromatic heterocycles. The van der Waals surface area contributed by atoms with E-state index in [1.807, 2.05) is 19.3 Å². The molecule has 0 aromatic carbocycles. The minimum atomic E-state index is -3.47. The topological polar surface area (TPSA) is 91.4 Å². The summed E-state index contributed by atoms with van der Waals surface area (Å²) in [5, 5.41) is 0.952. The minimum Gasteiger partial charge on any atom is -0.377 e. The van der Waals surface area contributed by atoms with Crippen LogP contribution in [0.25, 0.3) is 11.0 Å². The van der Waals surface area contributed by atoms with E-state index in [-0.39, 0.29) is 30.8 Å². The zero-order valence-corrected chi connectivity index (χ0v) is 16.2. The van der Waals surface area contributed by atoms with Crippen LogP contribution in [-0.4, -0.2) is 79.0 Å². The van der Waals surface area contributed by atoms with E-state index in [4.69, 9.17) is 4.74 Å². The Morgan fingerprint density at radius 2 is 2.15 bits per heavy atom. The first-order valence-electron chi connectivity index (χ1n) is 9.04. The van der Waals surface area contributed by atoms with Crippen LogP contribution < -0.4 is 4.90 Å². The first-order chi connectivity index (χ1) is 12.9. The monoisotopic (exact) mass is 397 g/mol. The number of methoxy groups -OCH3 is 1. The summed E-state index contributed by atoms with van der Waals surface area (Å²) in [7, 11) is -0.0865. The maximum Gasteiger partial charge on any atom is 0.214 e. The summed E-state index contributed by atoms with van der Waals surface area (Å²) >= 11 is 0. The number of hydrogen-bond donors (Lipinski definition) is 1. The standard InChI is InChI=1S/C17H24FN5O3S/c1-22(17-13-3-4-19-16(13)20-10-21-17)12-5-11(6-12)9-27(24,25)23-7-14(18)15(8-23)26-2/h3-4,10-12,14-15H,5-9H2,1-2H3,(H,19,20,21)/t11-,12+,14-,15-/m1/s1. The van der Waals surface area contributed by atoms with E-state index < -0.39 is 22.3 Å². The normalized spacial score (nSPS) is 29.1. The number of rotatable bonds is 6. The molecule has 1 aliphatic heterocycles. The summed E-state index contributed by atoms with van der Waals surface area (Å²) in [4.78, 5) is 13.7. The van der Waals surface area contributed by atoms with Gasteiger partial charge in [-0.1, -0.05) is 0 Å². The van der Waals surface area contributed by atoms with Crippen molar-refractivity contribution in [1.29, 1.82) is 0 Å². The molecule has 1 N–H and O–H groups in total. The Balaban J connectivity index is 1.36. The van der Waals surface area contributed by atoms with Crippen molar-refractivity contribution in [2.75, 3.05) is 37.9 Å². The lowest BCUT2D eigenvalue weighted by Gasteiger charge is -2.42. The van der Waals surface area contributed by atoms with Gasteiger partial charge in [0.15, 0.2) is 0 Å². The molecule has 1 saturated heterocycles. The van der Waals surface area contributed by atoms with Crippen LogP contribution in [0.3, 0.4) is 0 Å². The highest BCUT2D eigenvalue weighted by molar-refractivity contribution is 7.89. The summed E-state index contributed by atoms with van der Waals surface area (Å²) in [6.45, 7) is -0.00818. The van der Waals surface area contributed by atoms with Crippen molar-refractivity contribution in [2.45, 2.75) is 31.2 Å². The Morgan fingerprint density at radius 1 is 1.37 bits per heavy atom. The van der Waals surface area contributed by atoms with Crippen LogP contribution in [0.5, 0.6) is 0 Å². The predicted molar refractivity (Wildman–Crippen MR) is 99.9 cm³/mol. The molecule has 2 aromatic rings. The lowest BCUT2D eigenvalue weighted by atomic mass is 9.81. The third-order valence-electron chi connectivity index (χ3n) is 5.73. The molecular formula is C17H24FN5O3S. The second kappa shape index (κ2) is 6.99. The van der Waals surface area contributed by atoms with Crippen molar-refractivity contribution in [3.05, 3.63) is 18.6 Å². The van der Waals surface area contributed by atoms with E-state index in [1.54, 1.807) is 0 Å². The average Bonchev–Trinajstić information content (AvgIpc) is 3.23. The maximum absolute atomic E-state index is 13.8. The highest BCUT2D eigenvalue weighted by Gasteiger charge is 2.42. The van der Waals surface area contributed by atoms with Crippen molar-refractivity contribution >= 4 is 26.9 Å². The van der Waals surface area contributed by atoms with Gasteiger partial charge in [-0.25, -0.2) is 22.8 Å². The van der Waals surface area contributed by atoms with Crippen molar-refractivity contribution in [2.24, 2.45) is 5.92 Å². The SMILES string of the molecule is CO[C@@H]1CN(S(=O)(=O)C[C@H]2C[C@@H](N(C)c3ncnc4[nH]ccc34)C2)C[C@H]1F. The number of fused-ring (bicyclic) bond motifs is 1. The Morgan fingerprint density at radius 3 is 2.85 bits per heavy atom. The number of alkyl halides is 1. The van der Waals surface area contributed by atoms with Crippen molar-refractivity contribution in [3.8, 4) is 0 Å². The molecule has 2 fully saturated rings. The molecule has 148 valence electrons. The van der Waals surface area contributed by atoms with Crippen LogP contribution in [-0.2, 0) is 14.8 Å². The molecule has 0 spiro atoms. The largest absolute Gasteiger partial charge is 0.377 e. The smallest absolute Gasteiger partial charge is 0.214 e. The fourth-order valence-electron chi connectivity index (χ4n) is 4.02. The fourth-order valence-corrected chi connectivity index (χ4v) is 5.84. The van der Waals surface area contributed by atoms with Gasteiger partial charge in [0.05, 0.1) is 11.1 Å². The quantitative estimate of drug-likeness (QED) is 0.787. The van der Waals surface area contributed by atoms with Gasteiger partial charge in [0.1, 0.15) is 30.1 Å². The number of ether oxygens (including phenoxy) is 1. The molecule has 1 aliphatic carbocycles. The van der Waals surface area contributed by atoms with E-state index in [2.05, 4.69) is 19.9 Å². The van der Waals surface area contributed by atoms with E-state index in [9.17, 15) is 12.8 Å². The van der Waals surface area contributed by atoms with Crippen LogP contribution in [0.1, 0.15) is 12.8 Å². The van der Waals surface area contributed by atoms with Gasteiger partial charge in [-0.3, -0.25) is 0 Å². The Bertz CT molecular complexity index is 914. The van der Waals surface area contributed by atoms with Crippen molar-refractivity contribution in [1.82, 2.24) is 19.3 Å². The Hall–Kier alpha value is -1.78. The summed E-state index contributed by atoms with van der Waals surface area (Å²) in [6.07, 6.45) is 2.97. The molecule has 2 aliphatic rings. The van der Waals surface area contributed by atoms with Gasteiger partial charge < -0.3 is 14.6 Å². The summed E-state index contributed by atoms with van der Waals surface area (Å²) in [5.41, 5.74) is 0.785. The number of aromatic nitrogens is 3. The predicted octanol–water partition coefficient (Wildman–Crippen LogP) is 1.17. The number of halogens is 1. The molecular weight excluding hydrogens is 373 g/mol. The second-order valence-electron chi connectivity index (χ2n) is 7.43. The lowest BCUT2D eigenvalue weighted by molar-refractivity contribution is 0.0637. The van der Waals surface area contributed by atoms with Gasteiger partial charge in [0, 0.05) is 39.5 Å². The number of anilines is 1. The third kappa shape index (κ3) is 3.41. The molecule has 10 heteroatoms. The van der Waals surface area contributed by atoms with Gasteiger partial charge in [0.25, 0.3) is 0 Å². The molecule has 2 atom stereocenters. The Labute approximate surface area is 157 Å². The van der Waals surface area contributed by atoms with Gasteiger partial charge in [-0.15, -0.1) is 0 Å². The van der Waals surface area contributed by atoms with Crippen LogP contribution in [0.2, 0.25) is 0 Å². The number of sulfonamides is 1. The van der Waals surface area contributed by atoms with Crippen LogP contribution in [0.4, 0.5) is 10.2 Å². The zero-order valence-electron chi connectivity index (χ0n) is 15.4. The van der Waals surface area contributed by atoms with Crippen molar-refractivity contribution < 1.29 is 17.5 Å². The Kier molecular flexibility index (Phi) is 4.81. The first-order valence-corrected chi connectivity index (χ1v) is 10.7. The number of aromatic amines is 1. The molecule has 3 heterocycles. The second-order valence-corrected chi connectivity index (χ2v) is 9.44. The molecule has 0 bridgehead atoms. The van der Waals surface area contributed by atoms with E-state index >= 15 is 0 Å². The van der Waals surface area contributed by atoms with Crippen molar-refractivity contribution in [3.63, 3.8) is 0 Å². The highest BCUT2D eigenvalue weighted by atomic mass is 32.2. The van der Waals surface area contributed by atoms with Gasteiger partial charge in [-0.05, 0) is 24.8 Å². The number of nitrogens with one attached hydrogen (secondary N) is 1. The maximum atomic E-state index is 13.8. The molecule has 4 rings (SSSR count). The summed E-state index contributed by atoms with van der Waals surface area (Å²) in [6, 6.07) is 2.17. The van der Waals surface area contributed by atoms with Crippen LogP contribution in [0, 0.1) is 5.92 Å². The van der Waals surface area contributed by atoms with Gasteiger partial charge >= 0.3 is 0 Å². The molecule has 8 nitrogen and oxygen atoms in total. The lowest BCUT2D eigenvalue weighted by Crippen LogP contribution is -2.47. The molecule has 0 radical (unpaired) electrons. The van der Waals surface area contributed by atoms with E-state index in [0.717, 1.165) is 29.7 Å². The van der Waals surface area contributed by atoms with Crippen LogP contribution >= 0.6 is 0 Å². The van der Waals surface area contributed by atoms with E-state index in [0.29, 0.717) is 0 Å². The summed E-state index contributed by atoms with van der Waals surface area (Å²) in [5.74, 6) is 0.977. The number of nitrogens with zero attached hydrogens (tertiary/aromatic N) is 4.